The van der Waals surface area contributed by atoms with E-state index < -0.39 is 15.8 Å². The van der Waals surface area contributed by atoms with Gasteiger partial charge in [0.2, 0.25) is 0 Å². The molecule has 1 aliphatic carbocycles. The van der Waals surface area contributed by atoms with Gasteiger partial charge in [-0.3, -0.25) is 0 Å². The Kier molecular flexibility index (Phi) is 4.96. The number of methoxy groups -OCH3 is 2. The largest absolute Gasteiger partial charge is 0.493 e. The molecule has 1 aromatic carbocycles. The van der Waals surface area contributed by atoms with Gasteiger partial charge in [-0.2, -0.15) is 13.1 Å². The van der Waals surface area contributed by atoms with E-state index in [0.29, 0.717) is 29.9 Å². The summed E-state index contributed by atoms with van der Waals surface area (Å²) in [4.78, 5) is 0. The average Bonchev–Trinajstić information content (AvgIpc) is 2.81. The third-order valence-electron chi connectivity index (χ3n) is 3.81. The maximum Gasteiger partial charge on any atom is 0.277 e. The molecule has 0 bridgehead atoms. The lowest BCUT2D eigenvalue weighted by atomic mass is 9.96. The highest BCUT2D eigenvalue weighted by molar-refractivity contribution is 7.87. The molecule has 0 saturated carbocycles. The Balaban J connectivity index is 2.26. The Morgan fingerprint density at radius 1 is 1.23 bits per heavy atom. The quantitative estimate of drug-likeness (QED) is 0.667. The topological polar surface area (TPSA) is 96.9 Å². The van der Waals surface area contributed by atoms with E-state index >= 15 is 0 Å². The first-order chi connectivity index (χ1) is 10.3. The molecule has 124 valence electrons. The molecule has 0 radical (unpaired) electrons. The summed E-state index contributed by atoms with van der Waals surface area (Å²) in [6.07, 6.45) is 1.09. The molecule has 0 spiro atoms. The van der Waals surface area contributed by atoms with Gasteiger partial charge in [0.05, 0.1) is 14.2 Å². The van der Waals surface area contributed by atoms with Crippen molar-refractivity contribution in [1.29, 1.82) is 0 Å². The van der Waals surface area contributed by atoms with Gasteiger partial charge in [-0.15, -0.1) is 0 Å². The fourth-order valence-corrected chi connectivity index (χ4v) is 3.59. The van der Waals surface area contributed by atoms with E-state index in [1.807, 2.05) is 6.07 Å². The van der Waals surface area contributed by atoms with Gasteiger partial charge in [0, 0.05) is 13.1 Å². The second-order valence-corrected chi connectivity index (χ2v) is 6.80. The summed E-state index contributed by atoms with van der Waals surface area (Å²) in [6, 6.07) is 3.54. The molecule has 3 N–H and O–H groups in total. The van der Waals surface area contributed by atoms with Crippen LogP contribution in [0.2, 0.25) is 0 Å². The second kappa shape index (κ2) is 6.41. The normalized spacial score (nSPS) is 20.7. The Bertz CT molecular complexity index is 647. The Morgan fingerprint density at radius 3 is 2.45 bits per heavy atom. The molecule has 0 amide bonds. The summed E-state index contributed by atoms with van der Waals surface area (Å²) < 4.78 is 38.6. The van der Waals surface area contributed by atoms with Crippen molar-refractivity contribution in [1.82, 2.24) is 9.44 Å². The van der Waals surface area contributed by atoms with E-state index in [1.54, 1.807) is 20.1 Å². The number of hydrogen-bond acceptors (Lipinski definition) is 5. The summed E-state index contributed by atoms with van der Waals surface area (Å²) in [7, 11) is -0.533. The highest BCUT2D eigenvalue weighted by atomic mass is 32.2. The van der Waals surface area contributed by atoms with E-state index in [1.165, 1.54) is 7.11 Å². The molecule has 1 unspecified atom stereocenters. The zero-order valence-corrected chi connectivity index (χ0v) is 13.8. The van der Waals surface area contributed by atoms with E-state index in [0.717, 1.165) is 5.56 Å². The number of rotatable bonds is 7. The lowest BCUT2D eigenvalue weighted by Gasteiger charge is -2.25. The summed E-state index contributed by atoms with van der Waals surface area (Å²) >= 11 is 0. The molecule has 1 atom stereocenters. The van der Waals surface area contributed by atoms with Crippen molar-refractivity contribution < 1.29 is 23.0 Å². The van der Waals surface area contributed by atoms with Crippen molar-refractivity contribution in [2.75, 3.05) is 27.3 Å². The summed E-state index contributed by atoms with van der Waals surface area (Å²) in [6.45, 7) is 1.89. The smallest absolute Gasteiger partial charge is 0.277 e. The monoisotopic (exact) mass is 330 g/mol. The zero-order chi connectivity index (χ0) is 16.4. The Labute approximate surface area is 130 Å². The van der Waals surface area contributed by atoms with Crippen LogP contribution in [0.25, 0.3) is 0 Å². The zero-order valence-electron chi connectivity index (χ0n) is 13.0. The Hall–Kier alpha value is -1.35. The fraction of sp³-hybridized carbons (Fsp3) is 0.571. The molecule has 8 heteroatoms. The van der Waals surface area contributed by atoms with Crippen LogP contribution in [0.5, 0.6) is 11.5 Å². The van der Waals surface area contributed by atoms with Crippen molar-refractivity contribution in [3.05, 3.63) is 23.3 Å². The first-order valence-electron chi connectivity index (χ1n) is 7.07. The number of hydrogen-bond donors (Lipinski definition) is 3. The van der Waals surface area contributed by atoms with Gasteiger partial charge in [0.15, 0.2) is 11.5 Å². The number of nitrogens with one attached hydrogen (secondary N) is 2. The van der Waals surface area contributed by atoms with Gasteiger partial charge < -0.3 is 14.6 Å². The summed E-state index contributed by atoms with van der Waals surface area (Å²) in [5, 5.41) is 10.8. The second-order valence-electron chi connectivity index (χ2n) is 5.22. The Morgan fingerprint density at radius 2 is 1.86 bits per heavy atom. The lowest BCUT2D eigenvalue weighted by Crippen LogP contribution is -2.44. The molecule has 0 aliphatic heterocycles. The van der Waals surface area contributed by atoms with Crippen LogP contribution >= 0.6 is 0 Å². The minimum atomic E-state index is -3.60. The summed E-state index contributed by atoms with van der Waals surface area (Å²) in [5.41, 5.74) is 0.351. The maximum absolute atomic E-state index is 11.7. The number of aryl methyl sites for hydroxylation is 1. The number of ether oxygens (including phenoxy) is 2. The van der Waals surface area contributed by atoms with Gasteiger partial charge in [0.25, 0.3) is 10.2 Å². The van der Waals surface area contributed by atoms with Gasteiger partial charge in [-0.1, -0.05) is 6.92 Å². The van der Waals surface area contributed by atoms with Crippen LogP contribution in [0, 0.1) is 0 Å². The van der Waals surface area contributed by atoms with Crippen LogP contribution in [-0.4, -0.2) is 40.8 Å². The molecular weight excluding hydrogens is 308 g/mol. The van der Waals surface area contributed by atoms with Gasteiger partial charge in [-0.05, 0) is 36.1 Å². The van der Waals surface area contributed by atoms with E-state index in [4.69, 9.17) is 9.47 Å². The predicted octanol–water partition coefficient (Wildman–Crippen LogP) is 0.282. The van der Waals surface area contributed by atoms with Crippen LogP contribution < -0.4 is 18.9 Å². The van der Waals surface area contributed by atoms with Crippen molar-refractivity contribution in [3.8, 4) is 11.5 Å². The molecule has 0 saturated heterocycles. The molecule has 0 fully saturated rings. The molecule has 0 aromatic heterocycles. The molecule has 0 heterocycles. The predicted molar refractivity (Wildman–Crippen MR) is 82.4 cm³/mol. The highest BCUT2D eigenvalue weighted by Crippen LogP contribution is 2.42. The number of aliphatic hydroxyl groups is 1. The van der Waals surface area contributed by atoms with Crippen molar-refractivity contribution in [3.63, 3.8) is 0 Å². The number of benzene rings is 1. The molecule has 22 heavy (non-hydrogen) atoms. The SMILES string of the molecule is CCNS(=O)(=O)NCC1(O)CCc2cc(OC)c(OC)cc21. The lowest BCUT2D eigenvalue weighted by molar-refractivity contribution is 0.0439. The highest BCUT2D eigenvalue weighted by Gasteiger charge is 2.38. The average molecular weight is 330 g/mol. The van der Waals surface area contributed by atoms with Crippen molar-refractivity contribution in [2.24, 2.45) is 0 Å². The third-order valence-corrected chi connectivity index (χ3v) is 5.00. The minimum absolute atomic E-state index is 0.0924. The number of fused-ring (bicyclic) bond motifs is 1. The van der Waals surface area contributed by atoms with Gasteiger partial charge >= 0.3 is 0 Å². The van der Waals surface area contributed by atoms with Crippen LogP contribution in [-0.2, 0) is 22.2 Å². The van der Waals surface area contributed by atoms with E-state index in [9.17, 15) is 13.5 Å². The third kappa shape index (κ3) is 3.35. The molecular formula is C14H22N2O5S. The molecule has 1 aromatic rings. The van der Waals surface area contributed by atoms with Gasteiger partial charge in [0.1, 0.15) is 5.60 Å². The molecule has 1 aliphatic rings. The van der Waals surface area contributed by atoms with Crippen LogP contribution in [0.15, 0.2) is 12.1 Å². The summed E-state index contributed by atoms with van der Waals surface area (Å²) in [5.74, 6) is 1.11. The van der Waals surface area contributed by atoms with Gasteiger partial charge in [-0.25, -0.2) is 4.72 Å². The minimum Gasteiger partial charge on any atom is -0.493 e. The van der Waals surface area contributed by atoms with E-state index in [-0.39, 0.29) is 13.1 Å². The first kappa shape index (κ1) is 17.0. The maximum atomic E-state index is 11.7. The van der Waals surface area contributed by atoms with Crippen LogP contribution in [0.3, 0.4) is 0 Å². The fourth-order valence-electron chi connectivity index (χ4n) is 2.68. The first-order valence-corrected chi connectivity index (χ1v) is 8.55. The van der Waals surface area contributed by atoms with Crippen LogP contribution in [0.1, 0.15) is 24.5 Å². The standard InChI is InChI=1S/C14H22N2O5S/c1-4-15-22(18,19)16-9-14(17)6-5-10-7-12(20-2)13(21-3)8-11(10)14/h7-8,15-17H,4-6,9H2,1-3H3. The van der Waals surface area contributed by atoms with Crippen LogP contribution in [0.4, 0.5) is 0 Å². The molecule has 2 rings (SSSR count). The van der Waals surface area contributed by atoms with Crippen molar-refractivity contribution in [2.45, 2.75) is 25.4 Å². The molecule has 7 nitrogen and oxygen atoms in total. The van der Waals surface area contributed by atoms with E-state index in [2.05, 4.69) is 9.44 Å². The van der Waals surface area contributed by atoms with Crippen molar-refractivity contribution >= 4 is 10.2 Å².